The second kappa shape index (κ2) is 9.16. The van der Waals surface area contributed by atoms with Crippen molar-refractivity contribution < 1.29 is 14.3 Å². The number of rotatable bonds is 4. The number of aryl methyl sites for hydroxylation is 1. The maximum atomic E-state index is 12.0. The van der Waals surface area contributed by atoms with Gasteiger partial charge < -0.3 is 10.1 Å². The highest BCUT2D eigenvalue weighted by Gasteiger charge is 2.18. The van der Waals surface area contributed by atoms with Crippen LogP contribution in [-0.2, 0) is 16.0 Å². The molecule has 0 atom stereocenters. The number of amides is 1. The number of carbonyl (C=O) groups is 2. The number of nitrogens with zero attached hydrogens (tertiary/aromatic N) is 3. The van der Waals surface area contributed by atoms with Crippen molar-refractivity contribution >= 4 is 40.6 Å². The lowest BCUT2D eigenvalue weighted by Gasteiger charge is -2.07. The molecule has 2 heterocycles. The van der Waals surface area contributed by atoms with Gasteiger partial charge in [0.05, 0.1) is 19.2 Å². The number of hydrogen-bond donors (Lipinski definition) is 1. The maximum absolute atomic E-state index is 12.0. The van der Waals surface area contributed by atoms with E-state index >= 15 is 0 Å². The summed E-state index contributed by atoms with van der Waals surface area (Å²) in [6.45, 7) is 5.77. The minimum Gasteiger partial charge on any atom is -0.464 e. The zero-order valence-corrected chi connectivity index (χ0v) is 14.8. The van der Waals surface area contributed by atoms with Gasteiger partial charge in [-0.2, -0.15) is 0 Å². The second-order valence-corrected chi connectivity index (χ2v) is 5.61. The highest BCUT2D eigenvalue weighted by molar-refractivity contribution is 7.15. The Kier molecular flexibility index (Phi) is 7.56. The monoisotopic (exact) mass is 356 g/mol. The van der Waals surface area contributed by atoms with Crippen molar-refractivity contribution in [3.8, 4) is 0 Å². The molecule has 2 aromatic rings. The Bertz CT molecular complexity index is 690. The van der Waals surface area contributed by atoms with Crippen LogP contribution in [0.3, 0.4) is 0 Å². The quantitative estimate of drug-likeness (QED) is 0.846. The van der Waals surface area contributed by atoms with Crippen LogP contribution in [0, 0.1) is 6.92 Å². The summed E-state index contributed by atoms with van der Waals surface area (Å²) in [5, 5.41) is 2.53. The van der Waals surface area contributed by atoms with E-state index in [1.54, 1.807) is 6.92 Å². The van der Waals surface area contributed by atoms with E-state index in [4.69, 9.17) is 11.6 Å². The van der Waals surface area contributed by atoms with Gasteiger partial charge >= 0.3 is 5.97 Å². The predicted molar refractivity (Wildman–Crippen MR) is 88.9 cm³/mol. The second-order valence-electron chi connectivity index (χ2n) is 3.95. The van der Waals surface area contributed by atoms with Crippen LogP contribution >= 0.6 is 22.9 Å². The van der Waals surface area contributed by atoms with Crippen molar-refractivity contribution in [1.82, 2.24) is 15.0 Å². The third-order valence-electron chi connectivity index (χ3n) is 2.52. The van der Waals surface area contributed by atoms with Crippen LogP contribution in [-0.4, -0.2) is 33.9 Å². The molecule has 0 spiro atoms. The van der Waals surface area contributed by atoms with Crippen molar-refractivity contribution in [2.75, 3.05) is 12.4 Å². The van der Waals surface area contributed by atoms with Gasteiger partial charge in [0.15, 0.2) is 16.0 Å². The number of thiazole rings is 1. The molecule has 0 radical (unpaired) electrons. The van der Waals surface area contributed by atoms with Gasteiger partial charge in [-0.15, -0.1) is 11.3 Å². The predicted octanol–water partition coefficient (Wildman–Crippen LogP) is 2.89. The summed E-state index contributed by atoms with van der Waals surface area (Å²) in [6, 6.07) is 0. The normalized spacial score (nSPS) is 9.61. The number of halogens is 1. The lowest BCUT2D eigenvalue weighted by molar-refractivity contribution is -0.115. The summed E-state index contributed by atoms with van der Waals surface area (Å²) >= 11 is 7.02. The zero-order chi connectivity index (χ0) is 17.4. The summed E-state index contributed by atoms with van der Waals surface area (Å²) < 4.78 is 4.96. The molecular weight excluding hydrogens is 340 g/mol. The van der Waals surface area contributed by atoms with E-state index in [0.717, 1.165) is 4.88 Å². The minimum absolute atomic E-state index is 0.0487. The first-order valence-corrected chi connectivity index (χ1v) is 8.01. The standard InChI is InChI=1S/C12H11ClN4O3S.C2H6/c1-6-7(21-12(13)16-6)5-8(18)17-10-9(11(19)20-2)14-3-4-15-10;1-2/h3-4H,5H2,1-2H3,(H,15,17,18);1-2H3. The molecule has 2 aromatic heterocycles. The summed E-state index contributed by atoms with van der Waals surface area (Å²) in [5.41, 5.74) is 0.653. The number of esters is 1. The number of anilines is 1. The Labute approximate surface area is 143 Å². The number of hydrogen-bond acceptors (Lipinski definition) is 7. The molecule has 9 heteroatoms. The average molecular weight is 357 g/mol. The fourth-order valence-corrected chi connectivity index (χ4v) is 2.74. The molecule has 0 saturated heterocycles. The van der Waals surface area contributed by atoms with Gasteiger partial charge in [0, 0.05) is 17.3 Å². The van der Waals surface area contributed by atoms with Crippen molar-refractivity contribution in [3.63, 3.8) is 0 Å². The lowest BCUT2D eigenvalue weighted by Crippen LogP contribution is -2.19. The Morgan fingerprint density at radius 2 is 1.96 bits per heavy atom. The van der Waals surface area contributed by atoms with Gasteiger partial charge in [-0.3, -0.25) is 4.79 Å². The van der Waals surface area contributed by atoms with Gasteiger partial charge in [-0.05, 0) is 6.92 Å². The molecule has 0 aliphatic heterocycles. The van der Waals surface area contributed by atoms with Gasteiger partial charge in [0.1, 0.15) is 0 Å². The molecule has 0 bridgehead atoms. The molecule has 7 nitrogen and oxygen atoms in total. The number of nitrogens with one attached hydrogen (secondary N) is 1. The van der Waals surface area contributed by atoms with E-state index in [1.165, 1.54) is 30.8 Å². The Morgan fingerprint density at radius 3 is 2.52 bits per heavy atom. The molecule has 0 fully saturated rings. The zero-order valence-electron chi connectivity index (χ0n) is 13.2. The van der Waals surface area contributed by atoms with Crippen molar-refractivity contribution in [3.05, 3.63) is 33.1 Å². The minimum atomic E-state index is -0.671. The average Bonchev–Trinajstić information content (AvgIpc) is 2.86. The highest BCUT2D eigenvalue weighted by Crippen LogP contribution is 2.23. The molecule has 0 aliphatic carbocycles. The van der Waals surface area contributed by atoms with Gasteiger partial charge in [-0.25, -0.2) is 19.7 Å². The van der Waals surface area contributed by atoms with E-state index in [-0.39, 0.29) is 23.8 Å². The van der Waals surface area contributed by atoms with Crippen LogP contribution in [0.4, 0.5) is 5.82 Å². The molecule has 1 amide bonds. The first-order chi connectivity index (χ1) is 11.0. The van der Waals surface area contributed by atoms with Gasteiger partial charge in [0.25, 0.3) is 0 Å². The van der Waals surface area contributed by atoms with Crippen molar-refractivity contribution in [2.24, 2.45) is 0 Å². The Balaban J connectivity index is 0.00000127. The van der Waals surface area contributed by atoms with Crippen LogP contribution in [0.25, 0.3) is 0 Å². The summed E-state index contributed by atoms with van der Waals surface area (Å²) in [4.78, 5) is 36.1. The first-order valence-electron chi connectivity index (χ1n) is 6.82. The number of carbonyl (C=O) groups excluding carboxylic acids is 2. The lowest BCUT2D eigenvalue weighted by atomic mass is 10.3. The molecule has 2 rings (SSSR count). The molecule has 0 saturated carbocycles. The smallest absolute Gasteiger partial charge is 0.360 e. The van der Waals surface area contributed by atoms with E-state index < -0.39 is 5.97 Å². The Morgan fingerprint density at radius 1 is 1.30 bits per heavy atom. The number of ether oxygens (including phenoxy) is 1. The van der Waals surface area contributed by atoms with Crippen LogP contribution in [0.5, 0.6) is 0 Å². The van der Waals surface area contributed by atoms with Crippen molar-refractivity contribution in [1.29, 1.82) is 0 Å². The summed E-state index contributed by atoms with van der Waals surface area (Å²) in [7, 11) is 1.23. The van der Waals surface area contributed by atoms with E-state index in [9.17, 15) is 9.59 Å². The van der Waals surface area contributed by atoms with E-state index in [1.807, 2.05) is 13.8 Å². The molecular formula is C14H17ClN4O3S. The Hall–Kier alpha value is -2.06. The van der Waals surface area contributed by atoms with E-state index in [0.29, 0.717) is 10.2 Å². The van der Waals surface area contributed by atoms with Crippen LogP contribution in [0.2, 0.25) is 4.47 Å². The largest absolute Gasteiger partial charge is 0.464 e. The number of methoxy groups -OCH3 is 1. The third kappa shape index (κ3) is 5.26. The molecule has 0 aromatic carbocycles. The summed E-state index contributed by atoms with van der Waals surface area (Å²) in [5.74, 6) is -0.956. The SMILES string of the molecule is CC.COC(=O)c1nccnc1NC(=O)Cc1sc(Cl)nc1C. The molecule has 0 unspecified atom stereocenters. The molecule has 124 valence electrons. The first kappa shape index (κ1) is 19.0. The molecule has 0 aliphatic rings. The van der Waals surface area contributed by atoms with E-state index in [2.05, 4.69) is 25.0 Å². The number of aromatic nitrogens is 3. The van der Waals surface area contributed by atoms with Gasteiger partial charge in [0.2, 0.25) is 5.91 Å². The van der Waals surface area contributed by atoms with Gasteiger partial charge in [-0.1, -0.05) is 25.4 Å². The van der Waals surface area contributed by atoms with Crippen molar-refractivity contribution in [2.45, 2.75) is 27.2 Å². The van der Waals surface area contributed by atoms with Crippen LogP contribution < -0.4 is 5.32 Å². The maximum Gasteiger partial charge on any atom is 0.360 e. The highest BCUT2D eigenvalue weighted by atomic mass is 35.5. The fraction of sp³-hybridized carbons (Fsp3) is 0.357. The fourth-order valence-electron chi connectivity index (χ4n) is 1.55. The topological polar surface area (TPSA) is 94.1 Å². The van der Waals surface area contributed by atoms with Crippen LogP contribution in [0.1, 0.15) is 34.9 Å². The summed E-state index contributed by atoms with van der Waals surface area (Å²) in [6.07, 6.45) is 2.80. The molecule has 1 N–H and O–H groups in total. The van der Waals surface area contributed by atoms with Crippen LogP contribution in [0.15, 0.2) is 12.4 Å². The third-order valence-corrected chi connectivity index (χ3v) is 3.78. The molecule has 23 heavy (non-hydrogen) atoms.